The zero-order valence-electron chi connectivity index (χ0n) is 16.9. The smallest absolute Gasteiger partial charge is 0.229 e. The number of nitrogens with one attached hydrogen (secondary N) is 1. The summed E-state index contributed by atoms with van der Waals surface area (Å²) in [6.07, 6.45) is 0. The molecule has 0 amide bonds. The number of anilines is 4. The van der Waals surface area contributed by atoms with E-state index in [9.17, 15) is 4.39 Å². The van der Waals surface area contributed by atoms with E-state index in [0.717, 1.165) is 54.2 Å². The number of rotatable bonds is 4. The molecule has 4 aromatic rings. The van der Waals surface area contributed by atoms with Crippen LogP contribution >= 0.6 is 0 Å². The highest BCUT2D eigenvalue weighted by molar-refractivity contribution is 5.99. The van der Waals surface area contributed by atoms with Gasteiger partial charge in [-0.25, -0.2) is 9.37 Å². The molecule has 0 aliphatic carbocycles. The number of para-hydroxylation sites is 1. The molecule has 1 aliphatic heterocycles. The van der Waals surface area contributed by atoms with Gasteiger partial charge in [0.05, 0.1) is 18.7 Å². The molecule has 1 aromatic heterocycles. The maximum atomic E-state index is 13.8. The fourth-order valence-corrected chi connectivity index (χ4v) is 3.83. The molecule has 5 rings (SSSR count). The summed E-state index contributed by atoms with van der Waals surface area (Å²) in [6, 6.07) is 20.2. The van der Waals surface area contributed by atoms with Gasteiger partial charge in [0, 0.05) is 35.4 Å². The van der Waals surface area contributed by atoms with Crippen molar-refractivity contribution in [3.05, 3.63) is 72.5 Å². The third kappa shape index (κ3) is 4.00. The van der Waals surface area contributed by atoms with E-state index in [1.807, 2.05) is 36.4 Å². The quantitative estimate of drug-likeness (QED) is 0.507. The summed E-state index contributed by atoms with van der Waals surface area (Å²) in [4.78, 5) is 11.4. The fourth-order valence-electron chi connectivity index (χ4n) is 3.83. The van der Waals surface area contributed by atoms with Gasteiger partial charge in [0.2, 0.25) is 5.95 Å². The number of fused-ring (bicyclic) bond motifs is 1. The van der Waals surface area contributed by atoms with Crippen molar-refractivity contribution in [2.75, 3.05) is 42.3 Å². The van der Waals surface area contributed by atoms with E-state index in [1.54, 1.807) is 6.07 Å². The van der Waals surface area contributed by atoms with Gasteiger partial charge >= 0.3 is 0 Å². The Hall–Kier alpha value is -3.71. The topological polar surface area (TPSA) is 76.3 Å². The maximum absolute atomic E-state index is 13.8. The van der Waals surface area contributed by atoms with Crippen molar-refractivity contribution >= 4 is 34.0 Å². The molecule has 3 N–H and O–H groups in total. The standard InChI is InChI=1S/C24H22FN5O/c25-17-4-1-3-16(15-17)20-5-2-6-21-22(20)28-24(29-23(21)26)27-18-7-9-19(10-8-18)30-11-13-31-14-12-30/h1-10,15H,11-14H2,(H3,26,27,28,29). The number of hydrogen-bond donors (Lipinski definition) is 2. The average molecular weight is 415 g/mol. The number of benzene rings is 3. The molecule has 1 saturated heterocycles. The van der Waals surface area contributed by atoms with Crippen LogP contribution in [0.2, 0.25) is 0 Å². The molecule has 3 aromatic carbocycles. The van der Waals surface area contributed by atoms with Gasteiger partial charge in [0.1, 0.15) is 11.6 Å². The normalized spacial score (nSPS) is 14.0. The Kier molecular flexibility index (Phi) is 5.09. The second-order valence-corrected chi connectivity index (χ2v) is 7.42. The van der Waals surface area contributed by atoms with Crippen molar-refractivity contribution in [2.45, 2.75) is 0 Å². The van der Waals surface area contributed by atoms with Crippen LogP contribution in [0.5, 0.6) is 0 Å². The summed E-state index contributed by atoms with van der Waals surface area (Å²) in [5.74, 6) is 0.471. The molecule has 0 unspecified atom stereocenters. The van der Waals surface area contributed by atoms with Crippen molar-refractivity contribution in [3.63, 3.8) is 0 Å². The fraction of sp³-hybridized carbons (Fsp3) is 0.167. The van der Waals surface area contributed by atoms with Gasteiger partial charge in [-0.3, -0.25) is 0 Å². The molecule has 156 valence electrons. The molecular weight excluding hydrogens is 393 g/mol. The highest BCUT2D eigenvalue weighted by Crippen LogP contribution is 2.31. The maximum Gasteiger partial charge on any atom is 0.229 e. The number of halogens is 1. The first-order valence-electron chi connectivity index (χ1n) is 10.2. The van der Waals surface area contributed by atoms with Gasteiger partial charge in [0.25, 0.3) is 0 Å². The number of ether oxygens (including phenoxy) is 1. The second kappa shape index (κ2) is 8.20. The third-order valence-electron chi connectivity index (χ3n) is 5.39. The summed E-state index contributed by atoms with van der Waals surface area (Å²) in [7, 11) is 0. The zero-order chi connectivity index (χ0) is 21.2. The van der Waals surface area contributed by atoms with Crippen LogP contribution in [0.1, 0.15) is 0 Å². The van der Waals surface area contributed by atoms with Crippen LogP contribution in [-0.4, -0.2) is 36.3 Å². The minimum Gasteiger partial charge on any atom is -0.383 e. The van der Waals surface area contributed by atoms with Crippen LogP contribution in [0.15, 0.2) is 66.7 Å². The van der Waals surface area contributed by atoms with E-state index in [4.69, 9.17) is 15.5 Å². The Labute approximate surface area is 179 Å². The molecule has 1 fully saturated rings. The summed E-state index contributed by atoms with van der Waals surface area (Å²) in [5.41, 5.74) is 10.5. The van der Waals surface area contributed by atoms with E-state index in [-0.39, 0.29) is 5.82 Å². The number of aromatic nitrogens is 2. The van der Waals surface area contributed by atoms with Crippen molar-refractivity contribution < 1.29 is 9.13 Å². The van der Waals surface area contributed by atoms with E-state index >= 15 is 0 Å². The van der Waals surface area contributed by atoms with E-state index in [1.165, 1.54) is 12.1 Å². The Morgan fingerprint density at radius 1 is 0.935 bits per heavy atom. The zero-order valence-corrected chi connectivity index (χ0v) is 16.9. The molecule has 0 bridgehead atoms. The predicted octanol–water partition coefficient (Wildman–Crippen LogP) is 4.60. The predicted molar refractivity (Wildman–Crippen MR) is 122 cm³/mol. The Balaban J connectivity index is 1.47. The first-order valence-corrected chi connectivity index (χ1v) is 10.2. The van der Waals surface area contributed by atoms with Gasteiger partial charge in [-0.1, -0.05) is 24.3 Å². The van der Waals surface area contributed by atoms with Gasteiger partial charge < -0.3 is 20.7 Å². The third-order valence-corrected chi connectivity index (χ3v) is 5.39. The molecular formula is C24H22FN5O. The lowest BCUT2D eigenvalue weighted by atomic mass is 10.0. The number of hydrogen-bond acceptors (Lipinski definition) is 6. The number of nitrogen functional groups attached to an aromatic ring is 1. The SMILES string of the molecule is Nc1nc(Nc2ccc(N3CCOCC3)cc2)nc2c(-c3cccc(F)c3)cccc12. The molecule has 7 heteroatoms. The molecule has 0 radical (unpaired) electrons. The first kappa shape index (κ1) is 19.3. The first-order chi connectivity index (χ1) is 15.2. The average Bonchev–Trinajstić information content (AvgIpc) is 2.80. The van der Waals surface area contributed by atoms with Gasteiger partial charge in [0.15, 0.2) is 0 Å². The molecule has 0 spiro atoms. The summed E-state index contributed by atoms with van der Waals surface area (Å²) in [5, 5.41) is 3.97. The van der Waals surface area contributed by atoms with Gasteiger partial charge in [-0.2, -0.15) is 4.98 Å². The lowest BCUT2D eigenvalue weighted by Gasteiger charge is -2.28. The van der Waals surface area contributed by atoms with E-state index < -0.39 is 0 Å². The van der Waals surface area contributed by atoms with Crippen LogP contribution in [0.4, 0.5) is 27.5 Å². The summed E-state index contributed by atoms with van der Waals surface area (Å²) >= 11 is 0. The molecule has 31 heavy (non-hydrogen) atoms. The number of nitrogens with two attached hydrogens (primary N) is 1. The molecule has 2 heterocycles. The van der Waals surface area contributed by atoms with Gasteiger partial charge in [-0.15, -0.1) is 0 Å². The minimum atomic E-state index is -0.296. The van der Waals surface area contributed by atoms with E-state index in [2.05, 4.69) is 27.3 Å². The van der Waals surface area contributed by atoms with Crippen molar-refractivity contribution in [2.24, 2.45) is 0 Å². The van der Waals surface area contributed by atoms with Crippen molar-refractivity contribution in [1.29, 1.82) is 0 Å². The Morgan fingerprint density at radius 2 is 1.71 bits per heavy atom. The van der Waals surface area contributed by atoms with Crippen LogP contribution in [0.3, 0.4) is 0 Å². The van der Waals surface area contributed by atoms with Gasteiger partial charge in [-0.05, 0) is 48.0 Å². The summed E-state index contributed by atoms with van der Waals surface area (Å²) in [6.45, 7) is 3.27. The Morgan fingerprint density at radius 3 is 2.48 bits per heavy atom. The molecule has 0 atom stereocenters. The highest BCUT2D eigenvalue weighted by Gasteiger charge is 2.13. The minimum absolute atomic E-state index is 0.296. The van der Waals surface area contributed by atoms with Crippen molar-refractivity contribution in [3.8, 4) is 11.1 Å². The number of morpholine rings is 1. The van der Waals surface area contributed by atoms with Crippen LogP contribution in [-0.2, 0) is 4.74 Å². The Bertz CT molecular complexity index is 1220. The lowest BCUT2D eigenvalue weighted by molar-refractivity contribution is 0.122. The van der Waals surface area contributed by atoms with Crippen LogP contribution in [0, 0.1) is 5.82 Å². The molecule has 0 saturated carbocycles. The molecule has 1 aliphatic rings. The van der Waals surface area contributed by atoms with Crippen molar-refractivity contribution in [1.82, 2.24) is 9.97 Å². The second-order valence-electron chi connectivity index (χ2n) is 7.42. The van der Waals surface area contributed by atoms with Crippen LogP contribution in [0.25, 0.3) is 22.0 Å². The lowest BCUT2D eigenvalue weighted by Crippen LogP contribution is -2.36. The summed E-state index contributed by atoms with van der Waals surface area (Å²) < 4.78 is 19.2. The molecule has 6 nitrogen and oxygen atoms in total. The monoisotopic (exact) mass is 415 g/mol. The van der Waals surface area contributed by atoms with Crippen LogP contribution < -0.4 is 16.0 Å². The van der Waals surface area contributed by atoms with E-state index in [0.29, 0.717) is 17.3 Å². The largest absolute Gasteiger partial charge is 0.383 e. The number of nitrogens with zero attached hydrogens (tertiary/aromatic N) is 3. The highest BCUT2D eigenvalue weighted by atomic mass is 19.1.